The van der Waals surface area contributed by atoms with E-state index in [1.54, 1.807) is 4.90 Å². The van der Waals surface area contributed by atoms with Crippen LogP contribution in [0.2, 0.25) is 0 Å². The third kappa shape index (κ3) is 8.24. The van der Waals surface area contributed by atoms with Crippen LogP contribution in [0, 0.1) is 10.1 Å². The van der Waals surface area contributed by atoms with Gasteiger partial charge >= 0.3 is 18.5 Å². The van der Waals surface area contributed by atoms with Crippen molar-refractivity contribution in [3.63, 3.8) is 0 Å². The third-order valence-electron chi connectivity index (χ3n) is 7.67. The van der Waals surface area contributed by atoms with Crippen molar-refractivity contribution in [2.45, 2.75) is 43.8 Å². The third-order valence-corrected chi connectivity index (χ3v) is 7.67. The van der Waals surface area contributed by atoms with E-state index in [2.05, 4.69) is 5.32 Å². The number of piperidine rings is 1. The first-order valence-electron chi connectivity index (χ1n) is 13.6. The number of benzene rings is 2. The number of amides is 1. The number of alkyl halides is 9. The van der Waals surface area contributed by atoms with Crippen LogP contribution in [0.15, 0.2) is 36.4 Å². The molecule has 0 atom stereocenters. The minimum Gasteiger partial charge on any atom is -0.382 e. The molecule has 17 heteroatoms. The minimum atomic E-state index is -4.94. The highest BCUT2D eigenvalue weighted by Crippen LogP contribution is 2.39. The second-order valence-corrected chi connectivity index (χ2v) is 10.6. The molecule has 0 aliphatic carbocycles. The molecule has 0 spiro atoms. The average molecular weight is 642 g/mol. The maximum Gasteiger partial charge on any atom is 0.423 e. The highest BCUT2D eigenvalue weighted by atomic mass is 19.4. The van der Waals surface area contributed by atoms with Gasteiger partial charge in [0, 0.05) is 75.7 Å². The van der Waals surface area contributed by atoms with Gasteiger partial charge < -0.3 is 15.1 Å². The van der Waals surface area contributed by atoms with Crippen LogP contribution in [-0.4, -0.2) is 72.5 Å². The number of rotatable bonds is 7. The molecule has 1 amide bonds. The lowest BCUT2D eigenvalue weighted by Crippen LogP contribution is -2.48. The van der Waals surface area contributed by atoms with Gasteiger partial charge in [-0.1, -0.05) is 0 Å². The molecule has 0 radical (unpaired) electrons. The maximum absolute atomic E-state index is 13.3. The monoisotopic (exact) mass is 641 g/mol. The van der Waals surface area contributed by atoms with Gasteiger partial charge in [0.25, 0.3) is 5.69 Å². The fraction of sp³-hybridized carbons (Fsp3) is 0.519. The lowest BCUT2D eigenvalue weighted by atomic mass is 10.0. The van der Waals surface area contributed by atoms with Crippen LogP contribution in [-0.2, 0) is 23.3 Å². The number of halogens is 9. The molecule has 0 saturated carbocycles. The second-order valence-electron chi connectivity index (χ2n) is 10.6. The smallest absolute Gasteiger partial charge is 0.382 e. The number of hydrogen-bond acceptors (Lipinski definition) is 6. The predicted octanol–water partition coefficient (Wildman–Crippen LogP) is 6.27. The highest BCUT2D eigenvalue weighted by Gasteiger charge is 2.39. The Morgan fingerprint density at radius 3 is 1.89 bits per heavy atom. The number of hydrogen-bond donors (Lipinski definition) is 1. The second kappa shape index (κ2) is 12.7. The van der Waals surface area contributed by atoms with Gasteiger partial charge in [-0.2, -0.15) is 39.5 Å². The topological polar surface area (TPSA) is 82.0 Å². The fourth-order valence-electron chi connectivity index (χ4n) is 5.28. The number of piperazine rings is 1. The number of carbonyl (C=O) groups is 1. The molecule has 8 nitrogen and oxygen atoms in total. The van der Waals surface area contributed by atoms with E-state index in [0.29, 0.717) is 63.8 Å². The van der Waals surface area contributed by atoms with E-state index in [1.165, 1.54) is 11.0 Å². The minimum absolute atomic E-state index is 0.0756. The molecule has 44 heavy (non-hydrogen) atoms. The Kier molecular flexibility index (Phi) is 9.56. The Morgan fingerprint density at radius 1 is 0.818 bits per heavy atom. The van der Waals surface area contributed by atoms with Gasteiger partial charge in [-0.25, -0.2) is 0 Å². The number of anilines is 2. The standard InChI is InChI=1S/C27H28F9N5O3/c28-25(29,30)17-13-18(26(31,32)33)15-21(14-17)39-11-9-38(10-12-39)6-5-24(42)40-7-3-19(4-8-40)37-20-1-2-23(41(43)44)22(16-20)27(34,35)36/h1-2,13-16,19,37H,3-12H2. The summed E-state index contributed by atoms with van der Waals surface area (Å²) in [7, 11) is 0. The first kappa shape index (κ1) is 33.1. The van der Waals surface area contributed by atoms with Crippen molar-refractivity contribution >= 4 is 23.0 Å². The lowest BCUT2D eigenvalue weighted by Gasteiger charge is -2.37. The number of nitro groups is 1. The molecule has 2 aromatic rings. The van der Waals surface area contributed by atoms with Crippen molar-refractivity contribution in [1.29, 1.82) is 0 Å². The quantitative estimate of drug-likeness (QED) is 0.218. The zero-order valence-corrected chi connectivity index (χ0v) is 23.0. The van der Waals surface area contributed by atoms with E-state index in [-0.39, 0.29) is 48.9 Å². The van der Waals surface area contributed by atoms with Crippen LogP contribution in [0.25, 0.3) is 0 Å². The van der Waals surface area contributed by atoms with Crippen LogP contribution in [0.1, 0.15) is 36.0 Å². The van der Waals surface area contributed by atoms with Crippen molar-refractivity contribution in [2.24, 2.45) is 0 Å². The summed E-state index contributed by atoms with van der Waals surface area (Å²) < 4.78 is 119. The number of nitrogens with zero attached hydrogens (tertiary/aromatic N) is 4. The van der Waals surface area contributed by atoms with E-state index in [9.17, 15) is 54.4 Å². The summed E-state index contributed by atoms with van der Waals surface area (Å²) in [6, 6.07) is 3.91. The summed E-state index contributed by atoms with van der Waals surface area (Å²) in [5.41, 5.74) is -5.27. The molecule has 0 unspecified atom stereocenters. The largest absolute Gasteiger partial charge is 0.423 e. The summed E-state index contributed by atoms with van der Waals surface area (Å²) in [4.78, 5) is 27.6. The Bertz CT molecular complexity index is 1320. The molecule has 2 saturated heterocycles. The summed E-state index contributed by atoms with van der Waals surface area (Å²) in [6.07, 6.45) is -13.8. The normalized spacial score (nSPS) is 17.6. The SMILES string of the molecule is O=C(CCN1CCN(c2cc(C(F)(F)F)cc(C(F)(F)F)c2)CC1)N1CCC(Nc2ccc([N+](=O)[O-])c(C(F)(F)F)c2)CC1. The molecule has 0 bridgehead atoms. The van der Waals surface area contributed by atoms with E-state index < -0.39 is 45.8 Å². The molecule has 2 fully saturated rings. The molecule has 242 valence electrons. The van der Waals surface area contributed by atoms with Crippen LogP contribution < -0.4 is 10.2 Å². The van der Waals surface area contributed by atoms with Crippen LogP contribution >= 0.6 is 0 Å². The molecular weight excluding hydrogens is 613 g/mol. The van der Waals surface area contributed by atoms with Gasteiger partial charge in [0.05, 0.1) is 16.1 Å². The van der Waals surface area contributed by atoms with Crippen molar-refractivity contribution in [3.05, 3.63) is 63.2 Å². The molecule has 2 heterocycles. The molecule has 4 rings (SSSR count). The van der Waals surface area contributed by atoms with E-state index in [4.69, 9.17) is 0 Å². The summed E-state index contributed by atoms with van der Waals surface area (Å²) >= 11 is 0. The number of nitro benzene ring substituents is 1. The maximum atomic E-state index is 13.3. The van der Waals surface area contributed by atoms with Gasteiger partial charge in [0.15, 0.2) is 0 Å². The molecule has 1 N–H and O–H groups in total. The van der Waals surface area contributed by atoms with Crippen molar-refractivity contribution in [3.8, 4) is 0 Å². The van der Waals surface area contributed by atoms with Gasteiger partial charge in [-0.3, -0.25) is 19.8 Å². The zero-order chi connectivity index (χ0) is 32.4. The number of carbonyl (C=O) groups excluding carboxylic acids is 1. The lowest BCUT2D eigenvalue weighted by molar-refractivity contribution is -0.388. The Hall–Kier alpha value is -3.76. The first-order chi connectivity index (χ1) is 20.4. The van der Waals surface area contributed by atoms with Gasteiger partial charge in [-0.15, -0.1) is 0 Å². The van der Waals surface area contributed by atoms with E-state index in [1.807, 2.05) is 4.90 Å². The predicted molar refractivity (Wildman–Crippen MR) is 141 cm³/mol. The van der Waals surface area contributed by atoms with Crippen LogP contribution in [0.5, 0.6) is 0 Å². The summed E-state index contributed by atoms with van der Waals surface area (Å²) in [5, 5.41) is 13.9. The van der Waals surface area contributed by atoms with Crippen LogP contribution in [0.4, 0.5) is 56.6 Å². The number of nitrogens with one attached hydrogen (secondary N) is 1. The Morgan fingerprint density at radius 2 is 1.39 bits per heavy atom. The number of likely N-dealkylation sites (tertiary alicyclic amines) is 1. The Labute approximate surface area is 245 Å². The van der Waals surface area contributed by atoms with Gasteiger partial charge in [-0.05, 0) is 43.2 Å². The van der Waals surface area contributed by atoms with E-state index in [0.717, 1.165) is 6.07 Å². The fourth-order valence-corrected chi connectivity index (χ4v) is 5.28. The van der Waals surface area contributed by atoms with Crippen molar-refractivity contribution in [2.75, 3.05) is 56.0 Å². The van der Waals surface area contributed by atoms with Crippen LogP contribution in [0.3, 0.4) is 0 Å². The van der Waals surface area contributed by atoms with Crippen molar-refractivity contribution < 1.29 is 49.2 Å². The summed E-state index contributed by atoms with van der Waals surface area (Å²) in [6.45, 7) is 1.99. The molecule has 2 aliphatic rings. The van der Waals surface area contributed by atoms with Gasteiger partial charge in [0.1, 0.15) is 5.56 Å². The summed E-state index contributed by atoms with van der Waals surface area (Å²) in [5.74, 6) is -0.159. The van der Waals surface area contributed by atoms with E-state index >= 15 is 0 Å². The van der Waals surface area contributed by atoms with Crippen molar-refractivity contribution in [1.82, 2.24) is 9.80 Å². The molecule has 0 aromatic heterocycles. The molecular formula is C27H28F9N5O3. The molecule has 2 aliphatic heterocycles. The zero-order valence-electron chi connectivity index (χ0n) is 23.0. The molecule has 2 aromatic carbocycles. The first-order valence-corrected chi connectivity index (χ1v) is 13.6. The average Bonchev–Trinajstić information content (AvgIpc) is 2.95. The highest BCUT2D eigenvalue weighted by molar-refractivity contribution is 5.76. The van der Waals surface area contributed by atoms with Gasteiger partial charge in [0.2, 0.25) is 5.91 Å². The Balaban J connectivity index is 1.25.